The summed E-state index contributed by atoms with van der Waals surface area (Å²) in [6.45, 7) is 3.09. The number of rotatable bonds is 3. The third-order valence-corrected chi connectivity index (χ3v) is 6.04. The van der Waals surface area contributed by atoms with Crippen LogP contribution >= 0.6 is 34.5 Å². The standard InChI is InChI=1S/C15H15Cl2N5O2S/c1-7-10(16)11(17)12(19-7)14(24)20-8-2-4-22(5-3-8)15-21-13(23)9(6-18)25-15/h8,19,23H,2-5H2,1H3,(H,20,24). The fourth-order valence-corrected chi connectivity index (χ4v) is 3.94. The second-order valence-electron chi connectivity index (χ2n) is 5.75. The Morgan fingerprint density at radius 3 is 2.64 bits per heavy atom. The first-order valence-electron chi connectivity index (χ1n) is 7.60. The zero-order chi connectivity index (χ0) is 18.1. The van der Waals surface area contributed by atoms with Crippen molar-refractivity contribution < 1.29 is 9.90 Å². The van der Waals surface area contributed by atoms with E-state index in [1.54, 1.807) is 6.92 Å². The number of carbonyl (C=O) groups excluding carboxylic acids is 1. The Bertz CT molecular complexity index is 849. The topological polar surface area (TPSA) is 105 Å². The number of thiazole rings is 1. The number of H-pyrrole nitrogens is 1. The lowest BCUT2D eigenvalue weighted by Gasteiger charge is -2.32. The van der Waals surface area contributed by atoms with Crippen molar-refractivity contribution in [1.29, 1.82) is 5.26 Å². The molecule has 0 bridgehead atoms. The number of aromatic nitrogens is 2. The monoisotopic (exact) mass is 399 g/mol. The van der Waals surface area contributed by atoms with Crippen LogP contribution in [0, 0.1) is 18.3 Å². The molecule has 2 aromatic heterocycles. The molecule has 3 rings (SSSR count). The van der Waals surface area contributed by atoms with E-state index in [9.17, 15) is 9.90 Å². The summed E-state index contributed by atoms with van der Waals surface area (Å²) in [6, 6.07) is 1.92. The molecule has 0 radical (unpaired) electrons. The van der Waals surface area contributed by atoms with E-state index < -0.39 is 0 Å². The van der Waals surface area contributed by atoms with E-state index in [2.05, 4.69) is 15.3 Å². The minimum Gasteiger partial charge on any atom is -0.492 e. The van der Waals surface area contributed by atoms with Crippen LogP contribution in [-0.4, -0.2) is 40.1 Å². The van der Waals surface area contributed by atoms with Crippen molar-refractivity contribution in [2.45, 2.75) is 25.8 Å². The lowest BCUT2D eigenvalue weighted by molar-refractivity contribution is 0.0926. The van der Waals surface area contributed by atoms with Crippen molar-refractivity contribution >= 4 is 45.6 Å². The number of anilines is 1. The van der Waals surface area contributed by atoms with Crippen molar-refractivity contribution in [3.63, 3.8) is 0 Å². The molecule has 25 heavy (non-hydrogen) atoms. The average molecular weight is 400 g/mol. The number of aryl methyl sites for hydroxylation is 1. The lowest BCUT2D eigenvalue weighted by Crippen LogP contribution is -2.44. The molecule has 0 spiro atoms. The first-order valence-corrected chi connectivity index (χ1v) is 9.17. The summed E-state index contributed by atoms with van der Waals surface area (Å²) in [7, 11) is 0. The van der Waals surface area contributed by atoms with E-state index in [1.807, 2.05) is 11.0 Å². The summed E-state index contributed by atoms with van der Waals surface area (Å²) in [5, 5.41) is 22.6. The number of hydrogen-bond donors (Lipinski definition) is 3. The zero-order valence-electron chi connectivity index (χ0n) is 13.3. The maximum Gasteiger partial charge on any atom is 0.269 e. The number of nitriles is 1. The molecule has 0 unspecified atom stereocenters. The number of nitrogens with zero attached hydrogens (tertiary/aromatic N) is 3. The number of hydrogen-bond acceptors (Lipinski definition) is 6. The number of aromatic amines is 1. The predicted octanol–water partition coefficient (Wildman–Crippen LogP) is 3.06. The minimum absolute atomic E-state index is 0.00574. The van der Waals surface area contributed by atoms with Crippen molar-refractivity contribution in [2.24, 2.45) is 0 Å². The predicted molar refractivity (Wildman–Crippen MR) is 96.7 cm³/mol. The Labute approximate surface area is 158 Å². The molecular weight excluding hydrogens is 385 g/mol. The second kappa shape index (κ2) is 7.12. The van der Waals surface area contributed by atoms with Crippen LogP contribution < -0.4 is 10.2 Å². The summed E-state index contributed by atoms with van der Waals surface area (Å²) in [5.41, 5.74) is 0.929. The SMILES string of the molecule is Cc1[nH]c(C(=O)NC2CCN(c3nc(O)c(C#N)s3)CC2)c(Cl)c1Cl. The van der Waals surface area contributed by atoms with Crippen LogP contribution in [0.3, 0.4) is 0 Å². The van der Waals surface area contributed by atoms with Crippen LogP contribution in [0.2, 0.25) is 10.0 Å². The van der Waals surface area contributed by atoms with Gasteiger partial charge in [0, 0.05) is 24.8 Å². The first kappa shape index (κ1) is 17.9. The Morgan fingerprint density at radius 1 is 1.44 bits per heavy atom. The summed E-state index contributed by atoms with van der Waals surface area (Å²) in [6.07, 6.45) is 1.44. The Kier molecular flexibility index (Phi) is 5.08. The normalized spacial score (nSPS) is 15.2. The van der Waals surface area contributed by atoms with Gasteiger partial charge in [-0.05, 0) is 19.8 Å². The van der Waals surface area contributed by atoms with E-state index in [1.165, 1.54) is 0 Å². The molecule has 3 N–H and O–H groups in total. The third kappa shape index (κ3) is 3.54. The van der Waals surface area contributed by atoms with Gasteiger partial charge in [-0.1, -0.05) is 34.5 Å². The van der Waals surface area contributed by atoms with Gasteiger partial charge in [-0.25, -0.2) is 0 Å². The molecule has 10 heteroatoms. The van der Waals surface area contributed by atoms with E-state index in [4.69, 9.17) is 28.5 Å². The Balaban J connectivity index is 1.60. The molecule has 132 valence electrons. The molecule has 7 nitrogen and oxygen atoms in total. The van der Waals surface area contributed by atoms with Gasteiger partial charge in [0.15, 0.2) is 10.0 Å². The Morgan fingerprint density at radius 2 is 2.12 bits per heavy atom. The summed E-state index contributed by atoms with van der Waals surface area (Å²) < 4.78 is 0. The zero-order valence-corrected chi connectivity index (χ0v) is 15.6. The van der Waals surface area contributed by atoms with E-state index >= 15 is 0 Å². The smallest absolute Gasteiger partial charge is 0.269 e. The minimum atomic E-state index is -0.280. The fourth-order valence-electron chi connectivity index (χ4n) is 2.71. The maximum absolute atomic E-state index is 12.4. The highest BCUT2D eigenvalue weighted by atomic mass is 35.5. The number of carbonyl (C=O) groups is 1. The molecule has 0 saturated carbocycles. The van der Waals surface area contributed by atoms with Gasteiger partial charge in [-0.2, -0.15) is 10.2 Å². The molecule has 0 atom stereocenters. The molecule has 1 aliphatic heterocycles. The largest absolute Gasteiger partial charge is 0.492 e. The molecule has 1 amide bonds. The number of amides is 1. The molecule has 3 heterocycles. The van der Waals surface area contributed by atoms with Crippen LogP contribution in [0.1, 0.15) is 33.9 Å². The van der Waals surface area contributed by atoms with Gasteiger partial charge in [0.2, 0.25) is 5.88 Å². The lowest BCUT2D eigenvalue weighted by atomic mass is 10.1. The van der Waals surface area contributed by atoms with Gasteiger partial charge in [0.05, 0.1) is 10.0 Å². The molecule has 1 fully saturated rings. The van der Waals surface area contributed by atoms with E-state index in [0.29, 0.717) is 28.9 Å². The van der Waals surface area contributed by atoms with Gasteiger partial charge in [-0.3, -0.25) is 4.79 Å². The summed E-state index contributed by atoms with van der Waals surface area (Å²) >= 11 is 13.2. The van der Waals surface area contributed by atoms with Crippen LogP contribution in [0.4, 0.5) is 5.13 Å². The highest BCUT2D eigenvalue weighted by Gasteiger charge is 2.26. The first-order chi connectivity index (χ1) is 11.9. The second-order valence-corrected chi connectivity index (χ2v) is 7.48. The maximum atomic E-state index is 12.4. The molecule has 1 aliphatic rings. The Hall–Kier alpha value is -1.95. The van der Waals surface area contributed by atoms with Crippen molar-refractivity contribution in [3.8, 4) is 11.9 Å². The highest BCUT2D eigenvalue weighted by Crippen LogP contribution is 2.32. The van der Waals surface area contributed by atoms with Crippen molar-refractivity contribution in [2.75, 3.05) is 18.0 Å². The third-order valence-electron chi connectivity index (χ3n) is 4.08. The highest BCUT2D eigenvalue weighted by molar-refractivity contribution is 7.16. The average Bonchev–Trinajstić information content (AvgIpc) is 3.10. The molecule has 2 aromatic rings. The summed E-state index contributed by atoms with van der Waals surface area (Å²) in [5.74, 6) is -0.510. The van der Waals surface area contributed by atoms with Gasteiger partial charge in [0.1, 0.15) is 11.8 Å². The van der Waals surface area contributed by atoms with Crippen LogP contribution in [0.5, 0.6) is 5.88 Å². The number of halogens is 2. The van der Waals surface area contributed by atoms with E-state index in [-0.39, 0.29) is 33.4 Å². The van der Waals surface area contributed by atoms with Gasteiger partial charge < -0.3 is 20.3 Å². The fraction of sp³-hybridized carbons (Fsp3) is 0.400. The number of piperidine rings is 1. The van der Waals surface area contributed by atoms with Gasteiger partial charge in [-0.15, -0.1) is 0 Å². The quantitative estimate of drug-likeness (QED) is 0.735. The van der Waals surface area contributed by atoms with Gasteiger partial charge >= 0.3 is 0 Å². The number of aromatic hydroxyl groups is 1. The van der Waals surface area contributed by atoms with Crippen LogP contribution in [-0.2, 0) is 0 Å². The summed E-state index contributed by atoms with van der Waals surface area (Å²) in [4.78, 5) is 21.5. The molecule has 0 aromatic carbocycles. The molecule has 0 aliphatic carbocycles. The van der Waals surface area contributed by atoms with Crippen molar-refractivity contribution in [3.05, 3.63) is 26.3 Å². The van der Waals surface area contributed by atoms with Crippen molar-refractivity contribution in [1.82, 2.24) is 15.3 Å². The van der Waals surface area contributed by atoms with Gasteiger partial charge in [0.25, 0.3) is 5.91 Å². The van der Waals surface area contributed by atoms with Crippen LogP contribution in [0.15, 0.2) is 0 Å². The van der Waals surface area contributed by atoms with Crippen LogP contribution in [0.25, 0.3) is 0 Å². The molecule has 1 saturated heterocycles. The van der Waals surface area contributed by atoms with E-state index in [0.717, 1.165) is 24.2 Å². The molecular formula is C15H15Cl2N5O2S. The number of nitrogens with one attached hydrogen (secondary N) is 2.